The van der Waals surface area contributed by atoms with E-state index in [1.807, 2.05) is 3.95 Å². The van der Waals surface area contributed by atoms with Crippen LogP contribution in [-0.2, 0) is 0 Å². The van der Waals surface area contributed by atoms with E-state index in [0.717, 1.165) is 0 Å². The van der Waals surface area contributed by atoms with Crippen LogP contribution in [0.3, 0.4) is 0 Å². The standard InChI is InChI=1S/2C6H7.La/c2*1-6-4-2-3-5-6;/h2*2,4H,3H2,1H3;. The average Bonchev–Trinajstić information content (AvgIpc) is 2.65. The zero-order valence-electron chi connectivity index (χ0n) is 8.30. The molecule has 1 heteroatoms. The molecule has 0 unspecified atom stereocenters. The van der Waals surface area contributed by atoms with Crippen molar-refractivity contribution in [1.29, 1.82) is 0 Å². The van der Waals surface area contributed by atoms with Crippen molar-refractivity contribution in [2.45, 2.75) is 26.7 Å². The summed E-state index contributed by atoms with van der Waals surface area (Å²) in [7, 11) is 0. The van der Waals surface area contributed by atoms with Crippen molar-refractivity contribution in [2.24, 2.45) is 0 Å². The Labute approximate surface area is 97.2 Å². The molecule has 0 saturated carbocycles. The van der Waals surface area contributed by atoms with Crippen molar-refractivity contribution in [3.05, 3.63) is 39.4 Å². The molecule has 0 nitrogen and oxygen atoms in total. The van der Waals surface area contributed by atoms with Crippen LogP contribution in [0.5, 0.6) is 0 Å². The minimum atomic E-state index is -0.741. The van der Waals surface area contributed by atoms with Gasteiger partial charge in [0.25, 0.3) is 0 Å². The van der Waals surface area contributed by atoms with Gasteiger partial charge >= 0.3 is 98.0 Å². The van der Waals surface area contributed by atoms with Gasteiger partial charge in [-0.3, -0.25) is 0 Å². The summed E-state index contributed by atoms with van der Waals surface area (Å²) in [5.74, 6) is 0. The first kappa shape index (κ1) is 9.70. The van der Waals surface area contributed by atoms with E-state index in [-0.39, 0.29) is 0 Å². The molecule has 2 aliphatic rings. The van der Waals surface area contributed by atoms with Crippen LogP contribution in [0, 0.1) is 31.9 Å². The molecule has 65 valence electrons. The second-order valence-electron chi connectivity index (χ2n) is 3.77. The topological polar surface area (TPSA) is 0 Å². The van der Waals surface area contributed by atoms with Crippen LogP contribution in [0.15, 0.2) is 39.4 Å². The Morgan fingerprint density at radius 1 is 0.923 bits per heavy atom. The molecule has 0 saturated heterocycles. The summed E-state index contributed by atoms with van der Waals surface area (Å²) in [5, 5.41) is 0. The van der Waals surface area contributed by atoms with E-state index in [1.165, 1.54) is 12.8 Å². The fraction of sp³-hybridized carbons (Fsp3) is 0.333. The zero-order chi connectivity index (χ0) is 9.26. The van der Waals surface area contributed by atoms with E-state index in [1.54, 1.807) is 11.1 Å². The Morgan fingerprint density at radius 2 is 1.38 bits per heavy atom. The van der Waals surface area contributed by atoms with Crippen molar-refractivity contribution < 1.29 is 31.9 Å². The predicted octanol–water partition coefficient (Wildman–Crippen LogP) is 3.54. The van der Waals surface area contributed by atoms with Crippen molar-refractivity contribution in [3.8, 4) is 0 Å². The van der Waals surface area contributed by atoms with Crippen LogP contribution in [0.2, 0.25) is 0 Å². The number of hydrogen-bond acceptors (Lipinski definition) is 0. The van der Waals surface area contributed by atoms with Crippen LogP contribution in [0.25, 0.3) is 0 Å². The van der Waals surface area contributed by atoms with E-state index < -0.39 is 31.9 Å². The van der Waals surface area contributed by atoms with Gasteiger partial charge in [-0.15, -0.1) is 0 Å². The quantitative estimate of drug-likeness (QED) is 0.731. The first-order chi connectivity index (χ1) is 6.27. The molecule has 0 aromatic rings. The van der Waals surface area contributed by atoms with Crippen molar-refractivity contribution in [1.82, 2.24) is 0 Å². The maximum atomic E-state index is 2.32. The molecule has 13 heavy (non-hydrogen) atoms. The molecule has 0 aliphatic heterocycles. The summed E-state index contributed by atoms with van der Waals surface area (Å²) in [6, 6.07) is 0. The Hall–Kier alpha value is 0.155. The zero-order valence-corrected chi connectivity index (χ0v) is 11.9. The van der Waals surface area contributed by atoms with Gasteiger partial charge in [-0.25, -0.2) is 0 Å². The Bertz CT molecular complexity index is 306. The molecule has 0 radical (unpaired) electrons. The first-order valence-corrected chi connectivity index (χ1v) is 8.47. The van der Waals surface area contributed by atoms with E-state index >= 15 is 0 Å². The molecule has 0 amide bonds. The van der Waals surface area contributed by atoms with Crippen LogP contribution in [-0.4, -0.2) is 0 Å². The second-order valence-corrected chi connectivity index (χ2v) is 9.06. The van der Waals surface area contributed by atoms with Crippen molar-refractivity contribution >= 4 is 0 Å². The average molecular weight is 297 g/mol. The third kappa shape index (κ3) is 2.15. The number of hydrogen-bond donors (Lipinski definition) is 0. The SMILES string of the molecule is CC1=[C]([La][C]2=C(C)C=CC2)CC=C1. The van der Waals surface area contributed by atoms with Gasteiger partial charge in [0, 0.05) is 0 Å². The molecule has 0 atom stereocenters. The van der Waals surface area contributed by atoms with Gasteiger partial charge in [0.15, 0.2) is 0 Å². The summed E-state index contributed by atoms with van der Waals surface area (Å²) < 4.78 is 3.64. The molecule has 2 aliphatic carbocycles. The van der Waals surface area contributed by atoms with Gasteiger partial charge in [0.05, 0.1) is 0 Å². The summed E-state index contributed by atoms with van der Waals surface area (Å²) in [5.41, 5.74) is 3.14. The molecule has 0 bridgehead atoms. The third-order valence-electron chi connectivity index (χ3n) is 2.77. The fourth-order valence-corrected chi connectivity index (χ4v) is 6.77. The molecule has 2 rings (SSSR count). The number of allylic oxidation sites excluding steroid dienone is 8. The predicted molar refractivity (Wildman–Crippen MR) is 52.9 cm³/mol. The van der Waals surface area contributed by atoms with Gasteiger partial charge in [-0.2, -0.15) is 0 Å². The Balaban J connectivity index is 2.08. The fourth-order valence-electron chi connectivity index (χ4n) is 1.82. The molecular formula is C12H14La. The maximum absolute atomic E-state index is 2.32. The minimum absolute atomic E-state index is 0.741. The summed E-state index contributed by atoms with van der Waals surface area (Å²) in [6.07, 6.45) is 11.8. The van der Waals surface area contributed by atoms with Crippen LogP contribution < -0.4 is 0 Å². The van der Waals surface area contributed by atoms with Gasteiger partial charge in [0.1, 0.15) is 0 Å². The van der Waals surface area contributed by atoms with Gasteiger partial charge in [0.2, 0.25) is 0 Å². The third-order valence-corrected chi connectivity index (χ3v) is 9.30. The van der Waals surface area contributed by atoms with Gasteiger partial charge in [-0.05, 0) is 0 Å². The second kappa shape index (κ2) is 4.12. The normalized spacial score (nSPS) is 20.5. The van der Waals surface area contributed by atoms with E-state index in [2.05, 4.69) is 38.2 Å². The molecule has 0 aromatic heterocycles. The van der Waals surface area contributed by atoms with E-state index in [4.69, 9.17) is 0 Å². The summed E-state index contributed by atoms with van der Waals surface area (Å²) in [4.78, 5) is 0. The Kier molecular flexibility index (Phi) is 3.08. The molecule has 0 aromatic carbocycles. The molecule has 0 fully saturated rings. The van der Waals surface area contributed by atoms with Crippen LogP contribution >= 0.6 is 0 Å². The summed E-state index contributed by atoms with van der Waals surface area (Å²) >= 11 is -0.741. The number of rotatable bonds is 2. The monoisotopic (exact) mass is 297 g/mol. The van der Waals surface area contributed by atoms with Gasteiger partial charge < -0.3 is 0 Å². The van der Waals surface area contributed by atoms with E-state index in [9.17, 15) is 0 Å². The van der Waals surface area contributed by atoms with Crippen LogP contribution in [0.4, 0.5) is 0 Å². The first-order valence-electron chi connectivity index (χ1n) is 4.84. The van der Waals surface area contributed by atoms with Gasteiger partial charge in [-0.1, -0.05) is 0 Å². The van der Waals surface area contributed by atoms with Crippen molar-refractivity contribution in [3.63, 3.8) is 0 Å². The van der Waals surface area contributed by atoms with Crippen LogP contribution in [0.1, 0.15) is 26.7 Å². The molecule has 0 spiro atoms. The molecular weight excluding hydrogens is 283 g/mol. The molecule has 0 heterocycles. The summed E-state index contributed by atoms with van der Waals surface area (Å²) in [6.45, 7) is 4.54. The Morgan fingerprint density at radius 3 is 1.69 bits per heavy atom. The van der Waals surface area contributed by atoms with Crippen molar-refractivity contribution in [2.75, 3.05) is 0 Å². The molecule has 0 N–H and O–H groups in total. The van der Waals surface area contributed by atoms with E-state index in [0.29, 0.717) is 0 Å².